The van der Waals surface area contributed by atoms with Crippen LogP contribution in [-0.2, 0) is 13.0 Å². The fourth-order valence-electron chi connectivity index (χ4n) is 4.01. The van der Waals surface area contributed by atoms with Gasteiger partial charge in [0.05, 0.1) is 24.0 Å². The highest BCUT2D eigenvalue weighted by Crippen LogP contribution is 2.42. The molecule has 0 aliphatic heterocycles. The van der Waals surface area contributed by atoms with Crippen molar-refractivity contribution in [3.05, 3.63) is 11.9 Å². The van der Waals surface area contributed by atoms with Crippen LogP contribution in [0.4, 0.5) is 0 Å². The normalized spacial score (nSPS) is 17.1. The van der Waals surface area contributed by atoms with E-state index in [4.69, 9.17) is 0 Å². The van der Waals surface area contributed by atoms with E-state index in [0.717, 1.165) is 44.2 Å². The van der Waals surface area contributed by atoms with Gasteiger partial charge in [-0.25, -0.2) is 4.68 Å². The van der Waals surface area contributed by atoms with Gasteiger partial charge < -0.3 is 5.11 Å². The minimum Gasteiger partial charge on any atom is -0.387 e. The van der Waals surface area contributed by atoms with Crippen LogP contribution in [0.15, 0.2) is 6.20 Å². The largest absolute Gasteiger partial charge is 0.387 e. The lowest BCUT2D eigenvalue weighted by Crippen LogP contribution is -2.49. The average molecular weight is 366 g/mol. The molecule has 0 saturated heterocycles. The Kier molecular flexibility index (Phi) is 8.78. The van der Waals surface area contributed by atoms with Crippen LogP contribution in [0.2, 0.25) is 0 Å². The Bertz CT molecular complexity index is 520. The second-order valence-corrected chi connectivity index (χ2v) is 9.55. The molecule has 0 aliphatic rings. The van der Waals surface area contributed by atoms with E-state index in [-0.39, 0.29) is 5.41 Å². The van der Waals surface area contributed by atoms with Crippen molar-refractivity contribution in [1.82, 2.24) is 15.0 Å². The maximum Gasteiger partial charge on any atom is 0.0893 e. The Labute approximate surface area is 161 Å². The van der Waals surface area contributed by atoms with E-state index in [2.05, 4.69) is 58.8 Å². The molecule has 0 fully saturated rings. The maximum absolute atomic E-state index is 11.5. The van der Waals surface area contributed by atoms with Crippen LogP contribution in [0.25, 0.3) is 0 Å². The number of hydrogen-bond acceptors (Lipinski definition) is 3. The minimum absolute atomic E-state index is 0.0908. The predicted molar refractivity (Wildman–Crippen MR) is 110 cm³/mol. The fraction of sp³-hybridized carbons (Fsp3) is 0.909. The third kappa shape index (κ3) is 6.37. The number of rotatable bonds is 12. The molecule has 2 atom stereocenters. The molecular weight excluding hydrogens is 322 g/mol. The van der Waals surface area contributed by atoms with Gasteiger partial charge >= 0.3 is 0 Å². The minimum atomic E-state index is -0.744. The van der Waals surface area contributed by atoms with Crippen LogP contribution in [0, 0.1) is 10.8 Å². The molecule has 152 valence electrons. The van der Waals surface area contributed by atoms with Gasteiger partial charge in [-0.1, -0.05) is 72.9 Å². The fourth-order valence-corrected chi connectivity index (χ4v) is 4.01. The second kappa shape index (κ2) is 9.87. The van der Waals surface area contributed by atoms with Crippen molar-refractivity contribution >= 4 is 0 Å². The topological polar surface area (TPSA) is 50.9 Å². The first kappa shape index (κ1) is 23.1. The quantitative estimate of drug-likeness (QED) is 0.477. The molecule has 4 nitrogen and oxygen atoms in total. The zero-order valence-electron chi connectivity index (χ0n) is 18.4. The van der Waals surface area contributed by atoms with Gasteiger partial charge in [-0.3, -0.25) is 0 Å². The highest BCUT2D eigenvalue weighted by molar-refractivity contribution is 5.00. The van der Waals surface area contributed by atoms with E-state index >= 15 is 0 Å². The second-order valence-electron chi connectivity index (χ2n) is 9.55. The van der Waals surface area contributed by atoms with E-state index in [9.17, 15) is 5.11 Å². The molecule has 0 radical (unpaired) electrons. The summed E-state index contributed by atoms with van der Waals surface area (Å²) in [6.45, 7) is 16.2. The van der Waals surface area contributed by atoms with Crippen molar-refractivity contribution in [3.63, 3.8) is 0 Å². The molecular formula is C22H43N3O. The summed E-state index contributed by atoms with van der Waals surface area (Å²) in [5.74, 6) is 0. The first-order chi connectivity index (χ1) is 12.1. The SMILES string of the molecule is CCCC(C)(CC)[C@@](O)(CC)Cn1nncc1CCCCCC(C)(C)C. The number of unbranched alkanes of at least 4 members (excludes halogenated alkanes) is 2. The smallest absolute Gasteiger partial charge is 0.0893 e. The van der Waals surface area contributed by atoms with Crippen LogP contribution in [0.3, 0.4) is 0 Å². The number of aryl methyl sites for hydroxylation is 1. The maximum atomic E-state index is 11.5. The Morgan fingerprint density at radius 2 is 1.65 bits per heavy atom. The molecule has 0 aliphatic carbocycles. The summed E-state index contributed by atoms with van der Waals surface area (Å²) < 4.78 is 1.96. The summed E-state index contributed by atoms with van der Waals surface area (Å²) in [4.78, 5) is 0. The Hall–Kier alpha value is -0.900. The number of hydrogen-bond donors (Lipinski definition) is 1. The zero-order valence-corrected chi connectivity index (χ0v) is 18.4. The van der Waals surface area contributed by atoms with E-state index in [1.807, 2.05) is 10.9 Å². The van der Waals surface area contributed by atoms with Crippen molar-refractivity contribution in [2.45, 2.75) is 118 Å². The van der Waals surface area contributed by atoms with Crippen molar-refractivity contribution in [3.8, 4) is 0 Å². The van der Waals surface area contributed by atoms with Crippen molar-refractivity contribution in [2.24, 2.45) is 10.8 Å². The number of aliphatic hydroxyl groups is 1. The van der Waals surface area contributed by atoms with Gasteiger partial charge in [0.15, 0.2) is 0 Å². The van der Waals surface area contributed by atoms with Gasteiger partial charge in [-0.15, -0.1) is 5.10 Å². The van der Waals surface area contributed by atoms with Gasteiger partial charge in [0.25, 0.3) is 0 Å². The van der Waals surface area contributed by atoms with Crippen molar-refractivity contribution < 1.29 is 5.11 Å². The van der Waals surface area contributed by atoms with Crippen LogP contribution in [0.5, 0.6) is 0 Å². The lowest BCUT2D eigenvalue weighted by Gasteiger charge is -2.44. The molecule has 0 bridgehead atoms. The Morgan fingerprint density at radius 3 is 2.19 bits per heavy atom. The van der Waals surface area contributed by atoms with Crippen molar-refractivity contribution in [1.29, 1.82) is 0 Å². The molecule has 0 spiro atoms. The molecule has 1 aromatic rings. The van der Waals surface area contributed by atoms with Crippen LogP contribution in [-0.4, -0.2) is 25.7 Å². The van der Waals surface area contributed by atoms with Crippen LogP contribution >= 0.6 is 0 Å². The van der Waals surface area contributed by atoms with Crippen LogP contribution < -0.4 is 0 Å². The van der Waals surface area contributed by atoms with Gasteiger partial charge in [0.2, 0.25) is 0 Å². The molecule has 0 saturated carbocycles. The molecule has 4 heteroatoms. The van der Waals surface area contributed by atoms with Crippen LogP contribution in [0.1, 0.15) is 106 Å². The molecule has 26 heavy (non-hydrogen) atoms. The highest BCUT2D eigenvalue weighted by atomic mass is 16.3. The monoisotopic (exact) mass is 365 g/mol. The van der Waals surface area contributed by atoms with E-state index in [1.54, 1.807) is 0 Å². The summed E-state index contributed by atoms with van der Waals surface area (Å²) in [7, 11) is 0. The standard InChI is InChI=1S/C22H43N3O/c1-8-15-21(7,9-2)22(26,10-3)18-25-19(17-23-24-25)14-12-11-13-16-20(4,5)6/h17,26H,8-16,18H2,1-7H3/t21?,22-/m1/s1. The van der Waals surface area contributed by atoms with E-state index in [0.29, 0.717) is 12.0 Å². The molecule has 1 aromatic heterocycles. The first-order valence-corrected chi connectivity index (χ1v) is 10.7. The summed E-state index contributed by atoms with van der Waals surface area (Å²) in [5.41, 5.74) is 0.742. The first-order valence-electron chi connectivity index (χ1n) is 10.7. The van der Waals surface area contributed by atoms with E-state index in [1.165, 1.54) is 19.3 Å². The zero-order chi connectivity index (χ0) is 19.8. The molecule has 0 aromatic carbocycles. The van der Waals surface area contributed by atoms with Gasteiger partial charge in [-0.05, 0) is 49.4 Å². The van der Waals surface area contributed by atoms with Crippen molar-refractivity contribution in [2.75, 3.05) is 0 Å². The summed E-state index contributed by atoms with van der Waals surface area (Å²) >= 11 is 0. The summed E-state index contributed by atoms with van der Waals surface area (Å²) in [6.07, 6.45) is 11.6. The van der Waals surface area contributed by atoms with Gasteiger partial charge in [0, 0.05) is 0 Å². The predicted octanol–water partition coefficient (Wildman–Crippen LogP) is 5.78. The summed E-state index contributed by atoms with van der Waals surface area (Å²) in [6, 6.07) is 0. The van der Waals surface area contributed by atoms with Gasteiger partial charge in [0.1, 0.15) is 0 Å². The average Bonchev–Trinajstić information content (AvgIpc) is 3.00. The highest BCUT2D eigenvalue weighted by Gasteiger charge is 2.44. The number of nitrogens with zero attached hydrogens (tertiary/aromatic N) is 3. The molecule has 1 unspecified atom stereocenters. The summed E-state index contributed by atoms with van der Waals surface area (Å²) in [5, 5.41) is 19.9. The molecule has 0 amide bonds. The number of aromatic nitrogens is 3. The Morgan fingerprint density at radius 1 is 0.962 bits per heavy atom. The molecule has 1 heterocycles. The lowest BCUT2D eigenvalue weighted by molar-refractivity contribution is -0.101. The molecule has 1 rings (SSSR count). The van der Waals surface area contributed by atoms with E-state index < -0.39 is 5.60 Å². The van der Waals surface area contributed by atoms with Gasteiger partial charge in [-0.2, -0.15) is 0 Å². The molecule has 1 N–H and O–H groups in total. The third-order valence-electron chi connectivity index (χ3n) is 6.26. The Balaban J connectivity index is 2.71. The third-order valence-corrected chi connectivity index (χ3v) is 6.26. The lowest BCUT2D eigenvalue weighted by atomic mass is 9.67.